The molecule has 7 nitrogen and oxygen atoms in total. The molecule has 1 atom stereocenters. The molecule has 1 fully saturated rings. The number of para-hydroxylation sites is 1. The predicted octanol–water partition coefficient (Wildman–Crippen LogP) is 1.11. The highest BCUT2D eigenvalue weighted by Crippen LogP contribution is 2.20. The second-order valence-corrected chi connectivity index (χ2v) is 8.48. The fourth-order valence-electron chi connectivity index (χ4n) is 3.05. The molecule has 1 aliphatic heterocycles. The number of hydrogen-bond donors (Lipinski definition) is 1. The summed E-state index contributed by atoms with van der Waals surface area (Å²) in [6.45, 7) is 5.74. The third kappa shape index (κ3) is 3.06. The lowest BCUT2D eigenvalue weighted by molar-refractivity contribution is 0.0935. The number of benzene rings is 1. The van der Waals surface area contributed by atoms with Gasteiger partial charge in [0.15, 0.2) is 15.5 Å². The molecule has 1 aromatic carbocycles. The number of amides is 1. The van der Waals surface area contributed by atoms with Crippen LogP contribution in [0, 0.1) is 20.8 Å². The SMILES string of the molecule is Cc1cccc(C)c1-n1nnc(C(=O)N[C@H]2CCS(=O)(=O)C2)c1C. The molecule has 1 aliphatic rings. The van der Waals surface area contributed by atoms with E-state index in [1.165, 1.54) is 0 Å². The minimum absolute atomic E-state index is 0.0111. The Balaban J connectivity index is 1.86. The zero-order valence-electron chi connectivity index (χ0n) is 13.9. The van der Waals surface area contributed by atoms with Crippen molar-refractivity contribution in [2.75, 3.05) is 11.5 Å². The zero-order valence-corrected chi connectivity index (χ0v) is 14.7. The highest BCUT2D eigenvalue weighted by molar-refractivity contribution is 7.91. The van der Waals surface area contributed by atoms with E-state index in [0.29, 0.717) is 12.1 Å². The summed E-state index contributed by atoms with van der Waals surface area (Å²) in [6, 6.07) is 5.57. The maximum absolute atomic E-state index is 12.4. The lowest BCUT2D eigenvalue weighted by atomic mass is 10.1. The van der Waals surface area contributed by atoms with E-state index >= 15 is 0 Å². The van der Waals surface area contributed by atoms with Gasteiger partial charge in [-0.2, -0.15) is 0 Å². The second kappa shape index (κ2) is 6.01. The number of sulfone groups is 1. The smallest absolute Gasteiger partial charge is 0.274 e. The number of aromatic nitrogens is 3. The monoisotopic (exact) mass is 348 g/mol. The Hall–Kier alpha value is -2.22. The van der Waals surface area contributed by atoms with Gasteiger partial charge in [0.2, 0.25) is 0 Å². The van der Waals surface area contributed by atoms with Crippen molar-refractivity contribution >= 4 is 15.7 Å². The second-order valence-electron chi connectivity index (χ2n) is 6.25. The largest absolute Gasteiger partial charge is 0.347 e. The van der Waals surface area contributed by atoms with Gasteiger partial charge in [-0.3, -0.25) is 4.79 Å². The summed E-state index contributed by atoms with van der Waals surface area (Å²) in [5.41, 5.74) is 3.84. The molecule has 0 aliphatic carbocycles. The molecule has 1 saturated heterocycles. The Morgan fingerprint density at radius 3 is 2.50 bits per heavy atom. The van der Waals surface area contributed by atoms with Crippen molar-refractivity contribution in [1.82, 2.24) is 20.3 Å². The van der Waals surface area contributed by atoms with Gasteiger partial charge in [0.25, 0.3) is 5.91 Å². The summed E-state index contributed by atoms with van der Waals surface area (Å²) in [4.78, 5) is 12.4. The Labute approximate surface area is 141 Å². The van der Waals surface area contributed by atoms with Crippen LogP contribution in [-0.4, -0.2) is 46.9 Å². The van der Waals surface area contributed by atoms with Crippen molar-refractivity contribution in [3.63, 3.8) is 0 Å². The molecule has 0 saturated carbocycles. The van der Waals surface area contributed by atoms with Crippen LogP contribution in [-0.2, 0) is 9.84 Å². The van der Waals surface area contributed by atoms with E-state index < -0.39 is 9.84 Å². The first-order chi connectivity index (χ1) is 11.3. The van der Waals surface area contributed by atoms with Crippen LogP contribution >= 0.6 is 0 Å². The Morgan fingerprint density at radius 2 is 1.92 bits per heavy atom. The highest BCUT2D eigenvalue weighted by atomic mass is 32.2. The van der Waals surface area contributed by atoms with Gasteiger partial charge >= 0.3 is 0 Å². The Morgan fingerprint density at radius 1 is 1.25 bits per heavy atom. The fraction of sp³-hybridized carbons (Fsp3) is 0.438. The summed E-state index contributed by atoms with van der Waals surface area (Å²) in [5.74, 6) is -0.276. The fourth-order valence-corrected chi connectivity index (χ4v) is 4.73. The van der Waals surface area contributed by atoms with Gasteiger partial charge in [-0.05, 0) is 38.3 Å². The molecule has 2 aromatic rings. The van der Waals surface area contributed by atoms with Crippen molar-refractivity contribution < 1.29 is 13.2 Å². The number of aryl methyl sites for hydroxylation is 2. The normalized spacial score (nSPS) is 19.4. The average molecular weight is 348 g/mol. The summed E-state index contributed by atoms with van der Waals surface area (Å²) in [6.07, 6.45) is 0.443. The number of nitrogens with one attached hydrogen (secondary N) is 1. The molecule has 1 N–H and O–H groups in total. The van der Waals surface area contributed by atoms with Crippen LogP contribution in [0.15, 0.2) is 18.2 Å². The average Bonchev–Trinajstić information content (AvgIpc) is 3.02. The van der Waals surface area contributed by atoms with Crippen LogP contribution in [0.2, 0.25) is 0 Å². The number of hydrogen-bond acceptors (Lipinski definition) is 5. The van der Waals surface area contributed by atoms with E-state index in [0.717, 1.165) is 16.8 Å². The first-order valence-electron chi connectivity index (χ1n) is 7.78. The van der Waals surface area contributed by atoms with Gasteiger partial charge in [0.1, 0.15) is 0 Å². The number of carbonyl (C=O) groups is 1. The molecule has 1 aromatic heterocycles. The van der Waals surface area contributed by atoms with Gasteiger partial charge < -0.3 is 5.32 Å². The molecule has 2 heterocycles. The van der Waals surface area contributed by atoms with Gasteiger partial charge in [0, 0.05) is 6.04 Å². The first-order valence-corrected chi connectivity index (χ1v) is 9.61. The standard InChI is InChI=1S/C16H20N4O3S/c1-10-5-4-6-11(2)15(10)20-12(3)14(18-19-20)16(21)17-13-7-8-24(22,23)9-13/h4-6,13H,7-9H2,1-3H3,(H,17,21)/t13-/m0/s1. The lowest BCUT2D eigenvalue weighted by Gasteiger charge is -2.11. The quantitative estimate of drug-likeness (QED) is 0.897. The molecular weight excluding hydrogens is 328 g/mol. The predicted molar refractivity (Wildman–Crippen MR) is 90.1 cm³/mol. The van der Waals surface area contributed by atoms with Gasteiger partial charge in [-0.15, -0.1) is 5.10 Å². The molecular formula is C16H20N4O3S. The maximum Gasteiger partial charge on any atom is 0.274 e. The topological polar surface area (TPSA) is 93.9 Å². The summed E-state index contributed by atoms with van der Waals surface area (Å²) in [5, 5.41) is 10.9. The molecule has 1 amide bonds. The van der Waals surface area contributed by atoms with Gasteiger partial charge in [-0.1, -0.05) is 23.4 Å². The maximum atomic E-state index is 12.4. The van der Waals surface area contributed by atoms with Crippen molar-refractivity contribution in [2.24, 2.45) is 0 Å². The third-order valence-electron chi connectivity index (χ3n) is 4.33. The summed E-state index contributed by atoms with van der Waals surface area (Å²) >= 11 is 0. The van der Waals surface area contributed by atoms with Crippen molar-refractivity contribution in [2.45, 2.75) is 33.2 Å². The van der Waals surface area contributed by atoms with Crippen LogP contribution in [0.25, 0.3) is 5.69 Å². The molecule has 128 valence electrons. The molecule has 0 unspecified atom stereocenters. The van der Waals surface area contributed by atoms with Crippen LogP contribution in [0.4, 0.5) is 0 Å². The molecule has 8 heteroatoms. The Kier molecular flexibility index (Phi) is 4.16. The number of rotatable bonds is 3. The van der Waals surface area contributed by atoms with Crippen LogP contribution < -0.4 is 5.32 Å². The van der Waals surface area contributed by atoms with Crippen molar-refractivity contribution in [3.05, 3.63) is 40.7 Å². The van der Waals surface area contributed by atoms with Crippen molar-refractivity contribution in [3.8, 4) is 5.69 Å². The molecule has 24 heavy (non-hydrogen) atoms. The number of nitrogens with zero attached hydrogens (tertiary/aromatic N) is 3. The minimum atomic E-state index is -3.04. The van der Waals surface area contributed by atoms with E-state index in [1.807, 2.05) is 32.0 Å². The third-order valence-corrected chi connectivity index (χ3v) is 6.10. The Bertz CT molecular complexity index is 882. The van der Waals surface area contributed by atoms with Gasteiger partial charge in [-0.25, -0.2) is 13.1 Å². The molecule has 0 radical (unpaired) electrons. The summed E-state index contributed by atoms with van der Waals surface area (Å²) in [7, 11) is -3.04. The van der Waals surface area contributed by atoms with E-state index in [2.05, 4.69) is 15.6 Å². The zero-order chi connectivity index (χ0) is 17.5. The van der Waals surface area contributed by atoms with Crippen LogP contribution in [0.5, 0.6) is 0 Å². The van der Waals surface area contributed by atoms with E-state index in [1.54, 1.807) is 11.6 Å². The minimum Gasteiger partial charge on any atom is -0.347 e. The first kappa shape index (κ1) is 16.6. The summed E-state index contributed by atoms with van der Waals surface area (Å²) < 4.78 is 24.7. The van der Waals surface area contributed by atoms with Crippen molar-refractivity contribution in [1.29, 1.82) is 0 Å². The van der Waals surface area contributed by atoms with E-state index in [4.69, 9.17) is 0 Å². The molecule has 3 rings (SSSR count). The van der Waals surface area contributed by atoms with Gasteiger partial charge in [0.05, 0.1) is 22.9 Å². The molecule has 0 spiro atoms. The molecule has 0 bridgehead atoms. The number of carbonyl (C=O) groups excluding carboxylic acids is 1. The lowest BCUT2D eigenvalue weighted by Crippen LogP contribution is -2.36. The van der Waals surface area contributed by atoms with E-state index in [-0.39, 0.29) is 29.1 Å². The van der Waals surface area contributed by atoms with Crippen LogP contribution in [0.3, 0.4) is 0 Å². The van der Waals surface area contributed by atoms with E-state index in [9.17, 15) is 13.2 Å². The van der Waals surface area contributed by atoms with Crippen LogP contribution in [0.1, 0.15) is 33.7 Å². The highest BCUT2D eigenvalue weighted by Gasteiger charge is 2.30.